The zero-order valence-electron chi connectivity index (χ0n) is 19.6. The van der Waals surface area contributed by atoms with Crippen LogP contribution in [0.1, 0.15) is 45.7 Å². The van der Waals surface area contributed by atoms with E-state index in [1.54, 1.807) is 33.9 Å². The fraction of sp³-hybridized carbons (Fsp3) is 0.478. The number of fused-ring (bicyclic) bond motifs is 1. The Hall–Kier alpha value is -2.78. The number of hydrogen-bond acceptors (Lipinski definition) is 6. The van der Waals surface area contributed by atoms with Crippen molar-refractivity contribution in [1.82, 2.24) is 24.4 Å². The molecule has 2 aromatic heterocycles. The molecule has 11 heteroatoms. The number of rotatable bonds is 5. The monoisotopic (exact) mass is 506 g/mol. The molecule has 1 fully saturated rings. The molecule has 2 N–H and O–H groups in total. The van der Waals surface area contributed by atoms with Crippen LogP contribution in [0.25, 0.3) is 11.2 Å². The van der Waals surface area contributed by atoms with Gasteiger partial charge in [-0.05, 0) is 63.8 Å². The van der Waals surface area contributed by atoms with Gasteiger partial charge >= 0.3 is 11.8 Å². The van der Waals surface area contributed by atoms with Gasteiger partial charge in [-0.3, -0.25) is 4.57 Å². The first-order chi connectivity index (χ1) is 16.0. The van der Waals surface area contributed by atoms with Crippen LogP contribution in [-0.4, -0.2) is 55.7 Å². The molecule has 34 heavy (non-hydrogen) atoms. The lowest BCUT2D eigenvalue weighted by atomic mass is 10.1. The summed E-state index contributed by atoms with van der Waals surface area (Å²) >= 11 is 12.5. The number of aromatic nitrogens is 4. The number of amides is 1. The number of carbonyl (C=O) groups is 1. The predicted octanol–water partition coefficient (Wildman–Crippen LogP) is 4.70. The normalized spacial score (nSPS) is 17.2. The van der Waals surface area contributed by atoms with Gasteiger partial charge in [-0.2, -0.15) is 4.98 Å². The molecule has 1 aliphatic rings. The quantitative estimate of drug-likeness (QED) is 0.519. The summed E-state index contributed by atoms with van der Waals surface area (Å²) in [5.74, 6) is 0.643. The fourth-order valence-corrected chi connectivity index (χ4v) is 4.52. The highest BCUT2D eigenvalue weighted by Crippen LogP contribution is 2.29. The van der Waals surface area contributed by atoms with Crippen LogP contribution in [0.3, 0.4) is 0 Å². The number of likely N-dealkylation sites (tertiary alicyclic amines) is 1. The molecule has 3 heterocycles. The summed E-state index contributed by atoms with van der Waals surface area (Å²) < 4.78 is 7.00. The second kappa shape index (κ2) is 9.46. The molecule has 1 amide bonds. The summed E-state index contributed by atoms with van der Waals surface area (Å²) in [6.45, 7) is 9.28. The van der Waals surface area contributed by atoms with Crippen LogP contribution in [0.15, 0.2) is 29.2 Å². The molecule has 0 aliphatic carbocycles. The number of H-pyrrole nitrogens is 1. The Morgan fingerprint density at radius 2 is 2.12 bits per heavy atom. The first-order valence-corrected chi connectivity index (χ1v) is 11.9. The number of anilines is 1. The zero-order chi connectivity index (χ0) is 24.6. The minimum atomic E-state index is -0.518. The average molecular weight is 507 g/mol. The van der Waals surface area contributed by atoms with Crippen LogP contribution < -0.4 is 11.0 Å². The van der Waals surface area contributed by atoms with Crippen LogP contribution in [0.4, 0.5) is 10.7 Å². The zero-order valence-corrected chi connectivity index (χ0v) is 21.1. The van der Waals surface area contributed by atoms with Gasteiger partial charge in [-0.25, -0.2) is 14.6 Å². The Bertz CT molecular complexity index is 1270. The maximum absolute atomic E-state index is 12.7. The van der Waals surface area contributed by atoms with Crippen molar-refractivity contribution in [2.24, 2.45) is 5.92 Å². The molecule has 182 valence electrons. The van der Waals surface area contributed by atoms with E-state index < -0.39 is 11.6 Å². The molecule has 1 aromatic carbocycles. The van der Waals surface area contributed by atoms with Crippen molar-refractivity contribution in [3.8, 4) is 0 Å². The van der Waals surface area contributed by atoms with Crippen molar-refractivity contribution in [3.63, 3.8) is 0 Å². The van der Waals surface area contributed by atoms with E-state index in [9.17, 15) is 9.59 Å². The van der Waals surface area contributed by atoms with Crippen LogP contribution >= 0.6 is 23.2 Å². The SMILES string of the molecule is CC(c1cc(Cl)ccc1Cl)n1c(=O)[nH]c2cnc(NC[C@@H]3CCN(C(=O)OC(C)(C)C)C3)nc21. The topological polar surface area (TPSA) is 105 Å². The molecule has 0 saturated carbocycles. The molecule has 1 saturated heterocycles. The Kier molecular flexibility index (Phi) is 6.78. The Labute approximate surface area is 207 Å². The second-order valence-electron chi connectivity index (χ2n) is 9.53. The average Bonchev–Trinajstić information content (AvgIpc) is 3.36. The van der Waals surface area contributed by atoms with E-state index in [-0.39, 0.29) is 17.7 Å². The lowest BCUT2D eigenvalue weighted by Crippen LogP contribution is -2.35. The van der Waals surface area contributed by atoms with Crippen molar-refractivity contribution in [2.75, 3.05) is 25.0 Å². The van der Waals surface area contributed by atoms with E-state index in [0.29, 0.717) is 46.8 Å². The molecule has 2 atom stereocenters. The molecule has 3 aromatic rings. The second-order valence-corrected chi connectivity index (χ2v) is 10.4. The summed E-state index contributed by atoms with van der Waals surface area (Å²) in [5.41, 5.74) is 0.882. The molecule has 0 spiro atoms. The van der Waals surface area contributed by atoms with Gasteiger partial charge in [-0.15, -0.1) is 0 Å². The van der Waals surface area contributed by atoms with Crippen molar-refractivity contribution < 1.29 is 9.53 Å². The summed E-state index contributed by atoms with van der Waals surface area (Å²) in [5, 5.41) is 4.30. The number of ether oxygens (including phenoxy) is 1. The van der Waals surface area contributed by atoms with Crippen molar-refractivity contribution in [3.05, 3.63) is 50.5 Å². The van der Waals surface area contributed by atoms with E-state index in [4.69, 9.17) is 27.9 Å². The highest BCUT2D eigenvalue weighted by molar-refractivity contribution is 6.33. The third kappa shape index (κ3) is 5.31. The minimum Gasteiger partial charge on any atom is -0.444 e. The first-order valence-electron chi connectivity index (χ1n) is 11.2. The lowest BCUT2D eigenvalue weighted by molar-refractivity contribution is 0.0289. The summed E-state index contributed by atoms with van der Waals surface area (Å²) in [4.78, 5) is 38.5. The number of hydrogen-bond donors (Lipinski definition) is 2. The molecular weight excluding hydrogens is 479 g/mol. The largest absolute Gasteiger partial charge is 0.444 e. The number of aromatic amines is 1. The Morgan fingerprint density at radius 3 is 2.85 bits per heavy atom. The Balaban J connectivity index is 1.49. The van der Waals surface area contributed by atoms with Gasteiger partial charge in [0, 0.05) is 29.7 Å². The summed E-state index contributed by atoms with van der Waals surface area (Å²) in [7, 11) is 0. The number of halogens is 2. The molecule has 1 aliphatic heterocycles. The van der Waals surface area contributed by atoms with Gasteiger partial charge in [-0.1, -0.05) is 23.2 Å². The van der Waals surface area contributed by atoms with Gasteiger partial charge < -0.3 is 19.9 Å². The smallest absolute Gasteiger partial charge is 0.410 e. The third-order valence-electron chi connectivity index (χ3n) is 5.74. The maximum Gasteiger partial charge on any atom is 0.410 e. The Morgan fingerprint density at radius 1 is 1.35 bits per heavy atom. The highest BCUT2D eigenvalue weighted by atomic mass is 35.5. The van der Waals surface area contributed by atoms with E-state index in [1.807, 2.05) is 27.7 Å². The maximum atomic E-state index is 12.7. The van der Waals surface area contributed by atoms with E-state index >= 15 is 0 Å². The number of nitrogens with zero attached hydrogens (tertiary/aromatic N) is 4. The molecule has 9 nitrogen and oxygen atoms in total. The van der Waals surface area contributed by atoms with Crippen LogP contribution in [0, 0.1) is 5.92 Å². The van der Waals surface area contributed by atoms with Crippen LogP contribution in [0.5, 0.6) is 0 Å². The summed E-state index contributed by atoms with van der Waals surface area (Å²) in [6.07, 6.45) is 2.14. The molecule has 0 radical (unpaired) electrons. The van der Waals surface area contributed by atoms with Gasteiger partial charge in [0.05, 0.1) is 12.2 Å². The number of carbonyl (C=O) groups excluding carboxylic acids is 1. The van der Waals surface area contributed by atoms with E-state index in [1.165, 1.54) is 0 Å². The molecule has 1 unspecified atom stereocenters. The van der Waals surface area contributed by atoms with E-state index in [0.717, 1.165) is 12.0 Å². The van der Waals surface area contributed by atoms with Crippen molar-refractivity contribution in [1.29, 1.82) is 0 Å². The van der Waals surface area contributed by atoms with Gasteiger partial charge in [0.15, 0.2) is 5.65 Å². The molecular formula is C23H28Cl2N6O3. The van der Waals surface area contributed by atoms with Crippen molar-refractivity contribution >= 4 is 46.4 Å². The predicted molar refractivity (Wildman–Crippen MR) is 133 cm³/mol. The fourth-order valence-electron chi connectivity index (χ4n) is 4.06. The number of imidazole rings is 1. The van der Waals surface area contributed by atoms with Gasteiger partial charge in [0.2, 0.25) is 5.95 Å². The minimum absolute atomic E-state index is 0.240. The lowest BCUT2D eigenvalue weighted by Gasteiger charge is -2.24. The number of benzene rings is 1. The van der Waals surface area contributed by atoms with Gasteiger partial charge in [0.1, 0.15) is 11.1 Å². The van der Waals surface area contributed by atoms with Gasteiger partial charge in [0.25, 0.3) is 0 Å². The standard InChI is InChI=1S/C23H28Cl2N6O3/c1-13(16-9-15(24)5-6-17(16)25)31-19-18(28-21(31)32)11-27-20(29-19)26-10-14-7-8-30(12-14)22(33)34-23(2,3)4/h5-6,9,11,13-14H,7-8,10,12H2,1-4H3,(H,28,32)(H,26,27,29)/t13?,14-/m0/s1. The van der Waals surface area contributed by atoms with Crippen LogP contribution in [0.2, 0.25) is 10.0 Å². The van der Waals surface area contributed by atoms with Crippen molar-refractivity contribution in [2.45, 2.75) is 45.8 Å². The third-order valence-corrected chi connectivity index (χ3v) is 6.32. The molecule has 0 bridgehead atoms. The highest BCUT2D eigenvalue weighted by Gasteiger charge is 2.29. The summed E-state index contributed by atoms with van der Waals surface area (Å²) in [6, 6.07) is 4.76. The first kappa shape index (κ1) is 24.3. The number of nitrogens with one attached hydrogen (secondary N) is 2. The van der Waals surface area contributed by atoms with E-state index in [2.05, 4.69) is 20.3 Å². The molecule has 4 rings (SSSR count). The van der Waals surface area contributed by atoms with Crippen LogP contribution in [-0.2, 0) is 4.74 Å².